The van der Waals surface area contributed by atoms with Gasteiger partial charge in [-0.2, -0.15) is 0 Å². The lowest BCUT2D eigenvalue weighted by molar-refractivity contribution is 0.0612. The first kappa shape index (κ1) is 15.1. The number of rotatable bonds is 4. The summed E-state index contributed by atoms with van der Waals surface area (Å²) in [5, 5.41) is 4.36. The molecule has 0 radical (unpaired) electrons. The van der Waals surface area contributed by atoms with Crippen molar-refractivity contribution in [3.05, 3.63) is 35.6 Å². The van der Waals surface area contributed by atoms with Gasteiger partial charge in [-0.1, -0.05) is 18.6 Å². The standard InChI is InChI=1S/C18H24N2O2/c1-3-10-20(15-6-8-19-9-7-15)18(21)17-12-14-11-13(2)4-5-16(14)22-17/h4-5,11-12,15,19H,3,6-10H2,1-2H3. The Kier molecular flexibility index (Phi) is 4.48. The van der Waals surface area contributed by atoms with Gasteiger partial charge in [-0.05, 0) is 57.5 Å². The van der Waals surface area contributed by atoms with Crippen molar-refractivity contribution in [3.63, 3.8) is 0 Å². The number of aryl methyl sites for hydroxylation is 1. The van der Waals surface area contributed by atoms with E-state index < -0.39 is 0 Å². The van der Waals surface area contributed by atoms with Crippen molar-refractivity contribution in [2.75, 3.05) is 19.6 Å². The third-order valence-electron chi connectivity index (χ3n) is 4.36. The van der Waals surface area contributed by atoms with E-state index in [2.05, 4.69) is 18.3 Å². The number of furan rings is 1. The van der Waals surface area contributed by atoms with Gasteiger partial charge in [0.15, 0.2) is 5.76 Å². The number of benzene rings is 1. The molecule has 4 heteroatoms. The van der Waals surface area contributed by atoms with Crippen LogP contribution in [0, 0.1) is 6.92 Å². The first-order valence-electron chi connectivity index (χ1n) is 8.21. The summed E-state index contributed by atoms with van der Waals surface area (Å²) in [6.07, 6.45) is 3.01. The normalized spacial score (nSPS) is 16.1. The number of hydrogen-bond donors (Lipinski definition) is 1. The highest BCUT2D eigenvalue weighted by Gasteiger charge is 2.27. The molecule has 3 rings (SSSR count). The van der Waals surface area contributed by atoms with Crippen molar-refractivity contribution >= 4 is 16.9 Å². The topological polar surface area (TPSA) is 45.5 Å². The van der Waals surface area contributed by atoms with E-state index in [1.54, 1.807) is 0 Å². The van der Waals surface area contributed by atoms with E-state index in [1.165, 1.54) is 5.56 Å². The Morgan fingerprint density at radius 3 is 2.82 bits per heavy atom. The Morgan fingerprint density at radius 1 is 1.32 bits per heavy atom. The summed E-state index contributed by atoms with van der Waals surface area (Å²) in [6.45, 7) is 6.92. The minimum atomic E-state index is 0.0302. The highest BCUT2D eigenvalue weighted by Crippen LogP contribution is 2.23. The maximum Gasteiger partial charge on any atom is 0.289 e. The molecule has 0 bridgehead atoms. The predicted molar refractivity (Wildman–Crippen MR) is 88.2 cm³/mol. The molecular weight excluding hydrogens is 276 g/mol. The maximum absolute atomic E-state index is 12.9. The largest absolute Gasteiger partial charge is 0.451 e. The van der Waals surface area contributed by atoms with Crippen LogP contribution in [0.5, 0.6) is 0 Å². The minimum absolute atomic E-state index is 0.0302. The van der Waals surface area contributed by atoms with E-state index in [4.69, 9.17) is 4.42 Å². The molecule has 1 aliphatic heterocycles. The summed E-state index contributed by atoms with van der Waals surface area (Å²) in [5.74, 6) is 0.496. The Morgan fingerprint density at radius 2 is 2.09 bits per heavy atom. The molecule has 1 amide bonds. The van der Waals surface area contributed by atoms with Crippen LogP contribution in [0.2, 0.25) is 0 Å². The van der Waals surface area contributed by atoms with E-state index in [1.807, 2.05) is 30.0 Å². The van der Waals surface area contributed by atoms with E-state index in [0.717, 1.165) is 49.9 Å². The number of nitrogens with one attached hydrogen (secondary N) is 1. The molecule has 1 saturated heterocycles. The zero-order valence-electron chi connectivity index (χ0n) is 13.4. The third kappa shape index (κ3) is 3.02. The molecular formula is C18H24N2O2. The van der Waals surface area contributed by atoms with Gasteiger partial charge in [0.05, 0.1) is 0 Å². The number of carbonyl (C=O) groups excluding carboxylic acids is 1. The van der Waals surface area contributed by atoms with Crippen molar-refractivity contribution in [3.8, 4) is 0 Å². The summed E-state index contributed by atoms with van der Waals surface area (Å²) >= 11 is 0. The second-order valence-electron chi connectivity index (χ2n) is 6.13. The fourth-order valence-electron chi connectivity index (χ4n) is 3.22. The molecule has 0 spiro atoms. The van der Waals surface area contributed by atoms with Gasteiger partial charge in [-0.3, -0.25) is 4.79 Å². The smallest absolute Gasteiger partial charge is 0.289 e. The zero-order valence-corrected chi connectivity index (χ0v) is 13.4. The number of piperidine rings is 1. The van der Waals surface area contributed by atoms with Gasteiger partial charge in [-0.15, -0.1) is 0 Å². The molecule has 2 aromatic rings. The van der Waals surface area contributed by atoms with Crippen molar-refractivity contribution in [2.45, 2.75) is 39.2 Å². The number of carbonyl (C=O) groups is 1. The number of nitrogens with zero attached hydrogens (tertiary/aromatic N) is 1. The van der Waals surface area contributed by atoms with Gasteiger partial charge in [0.1, 0.15) is 5.58 Å². The first-order valence-corrected chi connectivity index (χ1v) is 8.21. The van der Waals surface area contributed by atoms with Crippen LogP contribution in [0.1, 0.15) is 42.3 Å². The second kappa shape index (κ2) is 6.53. The minimum Gasteiger partial charge on any atom is -0.451 e. The maximum atomic E-state index is 12.9. The van der Waals surface area contributed by atoms with Crippen molar-refractivity contribution < 1.29 is 9.21 Å². The van der Waals surface area contributed by atoms with Crippen LogP contribution in [0.3, 0.4) is 0 Å². The van der Waals surface area contributed by atoms with E-state index in [9.17, 15) is 4.79 Å². The van der Waals surface area contributed by atoms with Crippen LogP contribution < -0.4 is 5.32 Å². The highest BCUT2D eigenvalue weighted by molar-refractivity contribution is 5.96. The molecule has 22 heavy (non-hydrogen) atoms. The average molecular weight is 300 g/mol. The van der Waals surface area contributed by atoms with Gasteiger partial charge in [0.2, 0.25) is 0 Å². The van der Waals surface area contributed by atoms with Gasteiger partial charge in [-0.25, -0.2) is 0 Å². The molecule has 2 heterocycles. The Bertz CT molecular complexity index is 656. The number of amides is 1. The zero-order chi connectivity index (χ0) is 15.5. The second-order valence-corrected chi connectivity index (χ2v) is 6.13. The summed E-state index contributed by atoms with van der Waals surface area (Å²) in [4.78, 5) is 14.9. The molecule has 1 aliphatic rings. The lowest BCUT2D eigenvalue weighted by Crippen LogP contribution is -2.46. The SMILES string of the molecule is CCCN(C(=O)c1cc2cc(C)ccc2o1)C1CCNCC1. The highest BCUT2D eigenvalue weighted by atomic mass is 16.3. The quantitative estimate of drug-likeness (QED) is 0.942. The molecule has 1 aromatic carbocycles. The van der Waals surface area contributed by atoms with Crippen LogP contribution in [-0.4, -0.2) is 36.5 Å². The Labute approximate surface area is 131 Å². The predicted octanol–water partition coefficient (Wildman–Crippen LogP) is 3.35. The Balaban J connectivity index is 1.87. The number of fused-ring (bicyclic) bond motifs is 1. The molecule has 0 atom stereocenters. The van der Waals surface area contributed by atoms with E-state index in [-0.39, 0.29) is 5.91 Å². The van der Waals surface area contributed by atoms with Crippen molar-refractivity contribution in [2.24, 2.45) is 0 Å². The lowest BCUT2D eigenvalue weighted by Gasteiger charge is -2.34. The van der Waals surface area contributed by atoms with Crippen LogP contribution in [-0.2, 0) is 0 Å². The van der Waals surface area contributed by atoms with Crippen LogP contribution in [0.25, 0.3) is 11.0 Å². The first-order chi connectivity index (χ1) is 10.7. The molecule has 0 saturated carbocycles. The molecule has 118 valence electrons. The van der Waals surface area contributed by atoms with E-state index in [0.29, 0.717) is 11.8 Å². The summed E-state index contributed by atoms with van der Waals surface area (Å²) < 4.78 is 5.80. The molecule has 0 aliphatic carbocycles. The Hall–Kier alpha value is -1.81. The van der Waals surface area contributed by atoms with Crippen LogP contribution >= 0.6 is 0 Å². The molecule has 4 nitrogen and oxygen atoms in total. The van der Waals surface area contributed by atoms with Crippen molar-refractivity contribution in [1.82, 2.24) is 10.2 Å². The van der Waals surface area contributed by atoms with E-state index >= 15 is 0 Å². The van der Waals surface area contributed by atoms with Crippen LogP contribution in [0.15, 0.2) is 28.7 Å². The van der Waals surface area contributed by atoms with Gasteiger partial charge >= 0.3 is 0 Å². The molecule has 1 N–H and O–H groups in total. The van der Waals surface area contributed by atoms with Gasteiger partial charge < -0.3 is 14.6 Å². The lowest BCUT2D eigenvalue weighted by atomic mass is 10.0. The molecule has 1 fully saturated rings. The fourth-order valence-corrected chi connectivity index (χ4v) is 3.22. The summed E-state index contributed by atoms with van der Waals surface area (Å²) in [7, 11) is 0. The van der Waals surface area contributed by atoms with Gasteiger partial charge in [0.25, 0.3) is 5.91 Å². The monoisotopic (exact) mass is 300 g/mol. The van der Waals surface area contributed by atoms with Gasteiger partial charge in [0, 0.05) is 18.0 Å². The molecule has 1 aromatic heterocycles. The summed E-state index contributed by atoms with van der Waals surface area (Å²) in [6, 6.07) is 8.22. The average Bonchev–Trinajstić information content (AvgIpc) is 2.96. The fraction of sp³-hybridized carbons (Fsp3) is 0.500. The molecule has 0 unspecified atom stereocenters. The van der Waals surface area contributed by atoms with Crippen LogP contribution in [0.4, 0.5) is 0 Å². The third-order valence-corrected chi connectivity index (χ3v) is 4.36. The summed E-state index contributed by atoms with van der Waals surface area (Å²) in [5.41, 5.74) is 1.96. The number of hydrogen-bond acceptors (Lipinski definition) is 3. The van der Waals surface area contributed by atoms with Crippen molar-refractivity contribution in [1.29, 1.82) is 0 Å².